The van der Waals surface area contributed by atoms with Crippen molar-refractivity contribution in [3.63, 3.8) is 0 Å². The summed E-state index contributed by atoms with van der Waals surface area (Å²) in [5.41, 5.74) is 2.56. The Bertz CT molecular complexity index is 611. The number of hydrogen-bond acceptors (Lipinski definition) is 3. The van der Waals surface area contributed by atoms with E-state index >= 15 is 0 Å². The second kappa shape index (κ2) is 4.34. The number of hydrogen-bond donors (Lipinski definition) is 0. The first-order valence-corrected chi connectivity index (χ1v) is 5.66. The van der Waals surface area contributed by atoms with Gasteiger partial charge < -0.3 is 9.32 Å². The van der Waals surface area contributed by atoms with Crippen LogP contribution in [0.3, 0.4) is 0 Å². The maximum Gasteiger partial charge on any atom is 0.195 e. The molecule has 0 unspecified atom stereocenters. The summed E-state index contributed by atoms with van der Waals surface area (Å²) in [7, 11) is 4.01. The third kappa shape index (κ3) is 2.24. The summed E-state index contributed by atoms with van der Waals surface area (Å²) in [4.78, 5) is 14.2. The minimum atomic E-state index is 0.0735. The molecule has 3 heteroatoms. The highest BCUT2D eigenvalue weighted by Gasteiger charge is 2.08. The van der Waals surface area contributed by atoms with Gasteiger partial charge in [-0.15, -0.1) is 0 Å². The molecule has 0 atom stereocenters. The van der Waals surface area contributed by atoms with Gasteiger partial charge in [0.1, 0.15) is 11.3 Å². The first-order chi connectivity index (χ1) is 7.99. The van der Waals surface area contributed by atoms with Gasteiger partial charge >= 0.3 is 0 Å². The Hall–Kier alpha value is -1.61. The molecular weight excluding hydrogens is 214 g/mol. The third-order valence-corrected chi connectivity index (χ3v) is 2.92. The van der Waals surface area contributed by atoms with Crippen molar-refractivity contribution in [3.05, 3.63) is 45.3 Å². The molecule has 0 aliphatic rings. The fraction of sp³-hybridized carbons (Fsp3) is 0.357. The standard InChI is InChI=1S/C14H17NO2/c1-9-10(2)17-13-6-5-11(8-15(3)4)7-12(13)14(9)16/h5-7H,8H2,1-4H3. The molecule has 1 aromatic heterocycles. The zero-order chi connectivity index (χ0) is 12.6. The number of fused-ring (bicyclic) bond motifs is 1. The Labute approximate surface area is 101 Å². The first-order valence-electron chi connectivity index (χ1n) is 5.66. The van der Waals surface area contributed by atoms with Gasteiger partial charge in [0.05, 0.1) is 5.39 Å². The van der Waals surface area contributed by atoms with Gasteiger partial charge in [0.15, 0.2) is 5.43 Å². The Balaban J connectivity index is 2.65. The van der Waals surface area contributed by atoms with Crippen molar-refractivity contribution in [3.8, 4) is 0 Å². The highest BCUT2D eigenvalue weighted by atomic mass is 16.3. The van der Waals surface area contributed by atoms with Crippen LogP contribution in [0.4, 0.5) is 0 Å². The van der Waals surface area contributed by atoms with E-state index in [4.69, 9.17) is 4.42 Å². The maximum absolute atomic E-state index is 12.1. The second-order valence-corrected chi connectivity index (χ2v) is 4.68. The van der Waals surface area contributed by atoms with E-state index in [0.29, 0.717) is 22.3 Å². The van der Waals surface area contributed by atoms with Crippen molar-refractivity contribution < 1.29 is 4.42 Å². The predicted octanol–water partition coefficient (Wildman–Crippen LogP) is 2.47. The van der Waals surface area contributed by atoms with Gasteiger partial charge in [-0.3, -0.25) is 4.79 Å². The molecule has 1 aromatic carbocycles. The number of benzene rings is 1. The Morgan fingerprint density at radius 1 is 1.24 bits per heavy atom. The summed E-state index contributed by atoms with van der Waals surface area (Å²) in [6, 6.07) is 5.80. The highest BCUT2D eigenvalue weighted by molar-refractivity contribution is 5.78. The van der Waals surface area contributed by atoms with Crippen LogP contribution in [0.15, 0.2) is 27.4 Å². The number of aryl methyl sites for hydroxylation is 1. The molecule has 17 heavy (non-hydrogen) atoms. The number of nitrogens with zero attached hydrogens (tertiary/aromatic N) is 1. The largest absolute Gasteiger partial charge is 0.461 e. The zero-order valence-electron chi connectivity index (χ0n) is 10.7. The van der Waals surface area contributed by atoms with E-state index in [0.717, 1.165) is 12.1 Å². The van der Waals surface area contributed by atoms with Crippen molar-refractivity contribution in [1.82, 2.24) is 4.90 Å². The van der Waals surface area contributed by atoms with Gasteiger partial charge in [-0.05, 0) is 45.6 Å². The van der Waals surface area contributed by atoms with Crippen LogP contribution in [0.25, 0.3) is 11.0 Å². The molecule has 0 amide bonds. The predicted molar refractivity (Wildman–Crippen MR) is 69.3 cm³/mol. The van der Waals surface area contributed by atoms with Gasteiger partial charge in [-0.1, -0.05) is 6.07 Å². The molecule has 1 heterocycles. The highest BCUT2D eigenvalue weighted by Crippen LogP contribution is 2.17. The fourth-order valence-electron chi connectivity index (χ4n) is 1.91. The van der Waals surface area contributed by atoms with E-state index in [1.807, 2.05) is 39.2 Å². The lowest BCUT2D eigenvalue weighted by Gasteiger charge is -2.10. The quantitative estimate of drug-likeness (QED) is 0.796. The summed E-state index contributed by atoms with van der Waals surface area (Å²) in [6.45, 7) is 4.45. The topological polar surface area (TPSA) is 33.5 Å². The summed E-state index contributed by atoms with van der Waals surface area (Å²) in [5.74, 6) is 0.697. The van der Waals surface area contributed by atoms with Crippen LogP contribution >= 0.6 is 0 Å². The molecule has 0 spiro atoms. The van der Waals surface area contributed by atoms with Crippen LogP contribution in [-0.4, -0.2) is 19.0 Å². The van der Waals surface area contributed by atoms with Crippen molar-refractivity contribution >= 4 is 11.0 Å². The first kappa shape index (κ1) is 11.9. The molecule has 0 fully saturated rings. The van der Waals surface area contributed by atoms with E-state index in [9.17, 15) is 4.79 Å². The minimum absolute atomic E-state index is 0.0735. The fourth-order valence-corrected chi connectivity index (χ4v) is 1.91. The van der Waals surface area contributed by atoms with Crippen LogP contribution in [0.5, 0.6) is 0 Å². The molecule has 0 radical (unpaired) electrons. The molecular formula is C14H17NO2. The Kier molecular flexibility index (Phi) is 3.03. The molecule has 0 aliphatic carbocycles. The summed E-state index contributed by atoms with van der Waals surface area (Å²) in [6.07, 6.45) is 0. The van der Waals surface area contributed by atoms with Crippen molar-refractivity contribution in [1.29, 1.82) is 0 Å². The monoisotopic (exact) mass is 231 g/mol. The summed E-state index contributed by atoms with van der Waals surface area (Å²) in [5, 5.41) is 0.674. The maximum atomic E-state index is 12.1. The van der Waals surface area contributed by atoms with E-state index in [2.05, 4.69) is 4.90 Å². The molecule has 0 saturated heterocycles. The van der Waals surface area contributed by atoms with Gasteiger partial charge in [0.25, 0.3) is 0 Å². The molecule has 0 aliphatic heterocycles. The summed E-state index contributed by atoms with van der Waals surface area (Å²) < 4.78 is 5.62. The minimum Gasteiger partial charge on any atom is -0.461 e. The van der Waals surface area contributed by atoms with Crippen LogP contribution in [0.2, 0.25) is 0 Å². The molecule has 2 rings (SSSR count). The smallest absolute Gasteiger partial charge is 0.195 e. The molecule has 2 aromatic rings. The number of rotatable bonds is 2. The SMILES string of the molecule is Cc1oc2ccc(CN(C)C)cc2c(=O)c1C. The zero-order valence-corrected chi connectivity index (χ0v) is 10.7. The molecule has 0 bridgehead atoms. The third-order valence-electron chi connectivity index (χ3n) is 2.92. The van der Waals surface area contributed by atoms with Crippen molar-refractivity contribution in [2.24, 2.45) is 0 Å². The average Bonchev–Trinajstić information content (AvgIpc) is 2.26. The van der Waals surface area contributed by atoms with Crippen molar-refractivity contribution in [2.45, 2.75) is 20.4 Å². The van der Waals surface area contributed by atoms with Crippen LogP contribution in [0, 0.1) is 13.8 Å². The van der Waals surface area contributed by atoms with Gasteiger partial charge in [-0.2, -0.15) is 0 Å². The van der Waals surface area contributed by atoms with Crippen LogP contribution < -0.4 is 5.43 Å². The van der Waals surface area contributed by atoms with Crippen LogP contribution in [-0.2, 0) is 6.54 Å². The molecule has 0 N–H and O–H groups in total. The van der Waals surface area contributed by atoms with Crippen LogP contribution in [0.1, 0.15) is 16.9 Å². The lowest BCUT2D eigenvalue weighted by Crippen LogP contribution is -2.12. The molecule has 90 valence electrons. The van der Waals surface area contributed by atoms with Gasteiger partial charge in [0, 0.05) is 12.1 Å². The van der Waals surface area contributed by atoms with Gasteiger partial charge in [-0.25, -0.2) is 0 Å². The molecule has 0 saturated carbocycles. The van der Waals surface area contributed by atoms with E-state index in [-0.39, 0.29) is 5.43 Å². The average molecular weight is 231 g/mol. The lowest BCUT2D eigenvalue weighted by molar-refractivity contribution is 0.402. The lowest BCUT2D eigenvalue weighted by atomic mass is 10.1. The van der Waals surface area contributed by atoms with E-state index in [1.54, 1.807) is 6.92 Å². The van der Waals surface area contributed by atoms with Crippen molar-refractivity contribution in [2.75, 3.05) is 14.1 Å². The van der Waals surface area contributed by atoms with E-state index < -0.39 is 0 Å². The van der Waals surface area contributed by atoms with Gasteiger partial charge in [0.2, 0.25) is 0 Å². The molecule has 3 nitrogen and oxygen atoms in total. The van der Waals surface area contributed by atoms with E-state index in [1.165, 1.54) is 0 Å². The Morgan fingerprint density at radius 2 is 1.94 bits per heavy atom. The normalized spacial score (nSPS) is 11.4. The summed E-state index contributed by atoms with van der Waals surface area (Å²) >= 11 is 0. The second-order valence-electron chi connectivity index (χ2n) is 4.68. The Morgan fingerprint density at radius 3 is 2.59 bits per heavy atom.